The SMILES string of the molecule is CCNC(C)c1cc(F)c(C)cc1OCCN1CCCC1. The van der Waals surface area contributed by atoms with Gasteiger partial charge in [0.25, 0.3) is 0 Å². The van der Waals surface area contributed by atoms with Crippen molar-refractivity contribution in [3.63, 3.8) is 0 Å². The Hall–Kier alpha value is -1.13. The Morgan fingerprint density at radius 2 is 2.05 bits per heavy atom. The molecule has 0 spiro atoms. The largest absolute Gasteiger partial charge is 0.492 e. The van der Waals surface area contributed by atoms with E-state index in [1.807, 2.05) is 13.0 Å². The first-order chi connectivity index (χ1) is 10.1. The zero-order chi connectivity index (χ0) is 15.2. The Morgan fingerprint density at radius 1 is 1.33 bits per heavy atom. The molecular formula is C17H27FN2O. The number of rotatable bonds is 7. The molecule has 1 unspecified atom stereocenters. The van der Waals surface area contributed by atoms with Gasteiger partial charge in [0, 0.05) is 18.2 Å². The topological polar surface area (TPSA) is 24.5 Å². The molecule has 1 aromatic carbocycles. The normalized spacial score (nSPS) is 17.1. The maximum atomic E-state index is 13.8. The van der Waals surface area contributed by atoms with Crippen molar-refractivity contribution in [2.45, 2.75) is 39.7 Å². The number of likely N-dealkylation sites (tertiary alicyclic amines) is 1. The van der Waals surface area contributed by atoms with Gasteiger partial charge in [-0.05, 0) is 64.0 Å². The number of ether oxygens (including phenoxy) is 1. The summed E-state index contributed by atoms with van der Waals surface area (Å²) in [6, 6.07) is 3.52. The van der Waals surface area contributed by atoms with Crippen molar-refractivity contribution in [1.82, 2.24) is 10.2 Å². The summed E-state index contributed by atoms with van der Waals surface area (Å²) in [6.45, 7) is 10.7. The molecule has 1 N–H and O–H groups in total. The molecule has 1 heterocycles. The average Bonchev–Trinajstić information content (AvgIpc) is 2.96. The van der Waals surface area contributed by atoms with E-state index in [2.05, 4.69) is 17.1 Å². The molecule has 21 heavy (non-hydrogen) atoms. The van der Waals surface area contributed by atoms with E-state index < -0.39 is 0 Å². The van der Waals surface area contributed by atoms with Crippen LogP contribution < -0.4 is 10.1 Å². The van der Waals surface area contributed by atoms with Gasteiger partial charge in [-0.1, -0.05) is 6.92 Å². The standard InChI is InChI=1S/C17H27FN2O/c1-4-19-14(3)15-12-16(18)13(2)11-17(15)21-10-9-20-7-5-6-8-20/h11-12,14,19H,4-10H2,1-3H3. The van der Waals surface area contributed by atoms with Crippen molar-refractivity contribution in [1.29, 1.82) is 0 Å². The summed E-state index contributed by atoms with van der Waals surface area (Å²) in [7, 11) is 0. The first-order valence-corrected chi connectivity index (χ1v) is 8.00. The number of benzene rings is 1. The maximum Gasteiger partial charge on any atom is 0.126 e. The van der Waals surface area contributed by atoms with Crippen LogP contribution in [-0.4, -0.2) is 37.7 Å². The Labute approximate surface area is 127 Å². The fourth-order valence-corrected chi connectivity index (χ4v) is 2.84. The third kappa shape index (κ3) is 4.42. The molecule has 3 nitrogen and oxygen atoms in total. The lowest BCUT2D eigenvalue weighted by molar-refractivity contribution is 0.235. The molecule has 1 aromatic rings. The Balaban J connectivity index is 2.03. The van der Waals surface area contributed by atoms with Gasteiger partial charge in [-0.3, -0.25) is 4.90 Å². The number of hydrogen-bond donors (Lipinski definition) is 1. The van der Waals surface area contributed by atoms with E-state index in [0.717, 1.165) is 24.4 Å². The van der Waals surface area contributed by atoms with Crippen LogP contribution in [0.25, 0.3) is 0 Å². The summed E-state index contributed by atoms with van der Waals surface area (Å²) in [5.74, 6) is 0.642. The highest BCUT2D eigenvalue weighted by atomic mass is 19.1. The van der Waals surface area contributed by atoms with Gasteiger partial charge < -0.3 is 10.1 Å². The molecule has 0 bridgehead atoms. The second-order valence-electron chi connectivity index (χ2n) is 5.82. The lowest BCUT2D eigenvalue weighted by atomic mass is 10.0. The van der Waals surface area contributed by atoms with E-state index in [4.69, 9.17) is 4.74 Å². The summed E-state index contributed by atoms with van der Waals surface area (Å²) < 4.78 is 19.8. The van der Waals surface area contributed by atoms with Crippen LogP contribution in [0.4, 0.5) is 4.39 Å². The third-order valence-corrected chi connectivity index (χ3v) is 4.13. The summed E-state index contributed by atoms with van der Waals surface area (Å²) in [5.41, 5.74) is 1.54. The van der Waals surface area contributed by atoms with Crippen molar-refractivity contribution in [2.24, 2.45) is 0 Å². The van der Waals surface area contributed by atoms with Gasteiger partial charge in [-0.15, -0.1) is 0 Å². The second-order valence-corrected chi connectivity index (χ2v) is 5.82. The summed E-state index contributed by atoms with van der Waals surface area (Å²) in [6.07, 6.45) is 2.58. The van der Waals surface area contributed by atoms with Crippen LogP contribution in [0.1, 0.15) is 43.9 Å². The number of hydrogen-bond acceptors (Lipinski definition) is 3. The molecule has 1 aliphatic heterocycles. The van der Waals surface area contributed by atoms with E-state index in [1.165, 1.54) is 25.9 Å². The van der Waals surface area contributed by atoms with Crippen LogP contribution >= 0.6 is 0 Å². The van der Waals surface area contributed by atoms with Crippen molar-refractivity contribution in [2.75, 3.05) is 32.8 Å². The van der Waals surface area contributed by atoms with Crippen molar-refractivity contribution in [3.8, 4) is 5.75 Å². The first-order valence-electron chi connectivity index (χ1n) is 8.00. The van der Waals surface area contributed by atoms with Gasteiger partial charge in [-0.2, -0.15) is 0 Å². The van der Waals surface area contributed by atoms with Gasteiger partial charge in [0.15, 0.2) is 0 Å². The van der Waals surface area contributed by atoms with Gasteiger partial charge in [0.2, 0.25) is 0 Å². The molecule has 0 amide bonds. The second kappa shape index (κ2) is 7.76. The van der Waals surface area contributed by atoms with Crippen molar-refractivity contribution < 1.29 is 9.13 Å². The molecule has 1 fully saturated rings. The zero-order valence-corrected chi connectivity index (χ0v) is 13.4. The molecule has 0 aliphatic carbocycles. The van der Waals surface area contributed by atoms with Crippen molar-refractivity contribution in [3.05, 3.63) is 29.1 Å². The molecule has 0 aromatic heterocycles. The Kier molecular flexibility index (Phi) is 6.00. The summed E-state index contributed by atoms with van der Waals surface area (Å²) in [5, 5.41) is 3.32. The molecule has 118 valence electrons. The highest BCUT2D eigenvalue weighted by molar-refractivity contribution is 5.40. The maximum absolute atomic E-state index is 13.8. The monoisotopic (exact) mass is 294 g/mol. The minimum Gasteiger partial charge on any atom is -0.492 e. The van der Waals surface area contributed by atoms with Gasteiger partial charge in [0.1, 0.15) is 18.2 Å². The van der Waals surface area contributed by atoms with Gasteiger partial charge in [0.05, 0.1) is 0 Å². The van der Waals surface area contributed by atoms with E-state index in [9.17, 15) is 4.39 Å². The van der Waals surface area contributed by atoms with E-state index in [-0.39, 0.29) is 11.9 Å². The Morgan fingerprint density at radius 3 is 2.71 bits per heavy atom. The fourth-order valence-electron chi connectivity index (χ4n) is 2.84. The number of aryl methyl sites for hydroxylation is 1. The smallest absolute Gasteiger partial charge is 0.126 e. The van der Waals surface area contributed by atoms with Gasteiger partial charge in [-0.25, -0.2) is 4.39 Å². The molecule has 1 atom stereocenters. The number of halogens is 1. The van der Waals surface area contributed by atoms with Gasteiger partial charge >= 0.3 is 0 Å². The lowest BCUT2D eigenvalue weighted by Gasteiger charge is -2.20. The minimum absolute atomic E-state index is 0.0897. The number of nitrogens with zero attached hydrogens (tertiary/aromatic N) is 1. The lowest BCUT2D eigenvalue weighted by Crippen LogP contribution is -2.25. The third-order valence-electron chi connectivity index (χ3n) is 4.13. The quantitative estimate of drug-likeness (QED) is 0.835. The predicted octanol–water partition coefficient (Wildman–Crippen LogP) is 3.28. The molecule has 2 rings (SSSR count). The van der Waals surface area contributed by atoms with E-state index in [0.29, 0.717) is 12.2 Å². The Bertz CT molecular complexity index is 458. The fraction of sp³-hybridized carbons (Fsp3) is 0.647. The molecule has 1 saturated heterocycles. The van der Waals surface area contributed by atoms with E-state index in [1.54, 1.807) is 13.0 Å². The van der Waals surface area contributed by atoms with Crippen molar-refractivity contribution >= 4 is 0 Å². The minimum atomic E-state index is -0.165. The predicted molar refractivity (Wildman–Crippen MR) is 84.4 cm³/mol. The van der Waals surface area contributed by atoms with Crippen LogP contribution in [-0.2, 0) is 0 Å². The zero-order valence-electron chi connectivity index (χ0n) is 13.4. The molecule has 0 radical (unpaired) electrons. The summed E-state index contributed by atoms with van der Waals surface area (Å²) in [4.78, 5) is 2.42. The van der Waals surface area contributed by atoms with E-state index >= 15 is 0 Å². The first kappa shape index (κ1) is 16.2. The van der Waals surface area contributed by atoms with Crippen LogP contribution in [0.5, 0.6) is 5.75 Å². The molecule has 1 aliphatic rings. The highest BCUT2D eigenvalue weighted by Crippen LogP contribution is 2.28. The summed E-state index contributed by atoms with van der Waals surface area (Å²) >= 11 is 0. The highest BCUT2D eigenvalue weighted by Gasteiger charge is 2.15. The van der Waals surface area contributed by atoms with Crippen LogP contribution in [0.2, 0.25) is 0 Å². The molecule has 4 heteroatoms. The number of nitrogens with one attached hydrogen (secondary N) is 1. The molecule has 0 saturated carbocycles. The van der Waals surface area contributed by atoms with Crippen LogP contribution in [0.3, 0.4) is 0 Å². The molecular weight excluding hydrogens is 267 g/mol. The van der Waals surface area contributed by atoms with Crippen LogP contribution in [0, 0.1) is 12.7 Å². The van der Waals surface area contributed by atoms with Crippen LogP contribution in [0.15, 0.2) is 12.1 Å². The average molecular weight is 294 g/mol.